The summed E-state index contributed by atoms with van der Waals surface area (Å²) in [7, 11) is 0. The highest BCUT2D eigenvalue weighted by Crippen LogP contribution is 2.31. The summed E-state index contributed by atoms with van der Waals surface area (Å²) >= 11 is 0. The van der Waals surface area contributed by atoms with Crippen molar-refractivity contribution in [3.63, 3.8) is 0 Å². The van der Waals surface area contributed by atoms with Crippen LogP contribution in [0.15, 0.2) is 30.3 Å². The summed E-state index contributed by atoms with van der Waals surface area (Å²) in [6.07, 6.45) is 6.44. The van der Waals surface area contributed by atoms with Crippen LogP contribution in [-0.4, -0.2) is 12.4 Å². The van der Waals surface area contributed by atoms with Crippen LogP contribution in [0.4, 0.5) is 0 Å². The fourth-order valence-corrected chi connectivity index (χ4v) is 2.88. The molecule has 0 aromatic heterocycles. The molecule has 1 aliphatic rings. The van der Waals surface area contributed by atoms with E-state index < -0.39 is 0 Å². The maximum absolute atomic E-state index is 12.1. The van der Waals surface area contributed by atoms with Crippen molar-refractivity contribution in [1.82, 2.24) is 0 Å². The molecule has 0 amide bonds. The second-order valence-corrected chi connectivity index (χ2v) is 5.50. The third-order valence-corrected chi connectivity index (χ3v) is 4.24. The number of carbonyl (C=O) groups excluding carboxylic acids is 1. The average Bonchev–Trinajstić information content (AvgIpc) is 2.48. The van der Waals surface area contributed by atoms with Gasteiger partial charge in [-0.25, -0.2) is 0 Å². The van der Waals surface area contributed by atoms with Gasteiger partial charge in [-0.3, -0.25) is 4.79 Å². The summed E-state index contributed by atoms with van der Waals surface area (Å²) in [5.74, 6) is 2.39. The molecule has 0 aliphatic heterocycles. The summed E-state index contributed by atoms with van der Waals surface area (Å²) in [4.78, 5) is 12.1. The van der Waals surface area contributed by atoms with Gasteiger partial charge >= 0.3 is 0 Å². The normalized spacial score (nSPS) is 23.0. The Balaban J connectivity index is 1.67. The van der Waals surface area contributed by atoms with Gasteiger partial charge < -0.3 is 4.74 Å². The standard InChI is InChI=1S/C17H24O2/c1-2-14-8-10-15(11-9-14)17(18)12-13-19-16-6-4-3-5-7-16/h3-7,14-15H,2,8-13H2,1H3. The number of Topliss-reactive ketones (excluding diaryl/α,β-unsaturated/α-hetero) is 1. The zero-order valence-corrected chi connectivity index (χ0v) is 11.8. The van der Waals surface area contributed by atoms with E-state index >= 15 is 0 Å². The number of para-hydroxylation sites is 1. The van der Waals surface area contributed by atoms with Crippen molar-refractivity contribution in [3.05, 3.63) is 30.3 Å². The zero-order valence-electron chi connectivity index (χ0n) is 11.8. The molecule has 2 nitrogen and oxygen atoms in total. The predicted octanol–water partition coefficient (Wildman–Crippen LogP) is 4.24. The second-order valence-electron chi connectivity index (χ2n) is 5.50. The van der Waals surface area contributed by atoms with Crippen molar-refractivity contribution in [2.75, 3.05) is 6.61 Å². The Hall–Kier alpha value is -1.31. The molecule has 1 fully saturated rings. The highest BCUT2D eigenvalue weighted by molar-refractivity contribution is 5.81. The first-order valence-corrected chi connectivity index (χ1v) is 7.50. The van der Waals surface area contributed by atoms with Gasteiger partial charge in [0, 0.05) is 12.3 Å². The van der Waals surface area contributed by atoms with E-state index in [-0.39, 0.29) is 0 Å². The summed E-state index contributed by atoms with van der Waals surface area (Å²) < 4.78 is 5.59. The van der Waals surface area contributed by atoms with Crippen molar-refractivity contribution in [2.24, 2.45) is 11.8 Å². The van der Waals surface area contributed by atoms with Gasteiger partial charge in [-0.15, -0.1) is 0 Å². The molecule has 0 N–H and O–H groups in total. The van der Waals surface area contributed by atoms with Crippen LogP contribution in [0, 0.1) is 11.8 Å². The highest BCUT2D eigenvalue weighted by Gasteiger charge is 2.24. The first-order chi connectivity index (χ1) is 9.29. The van der Waals surface area contributed by atoms with Crippen LogP contribution < -0.4 is 4.74 Å². The van der Waals surface area contributed by atoms with Crippen LogP contribution in [0.1, 0.15) is 45.4 Å². The van der Waals surface area contributed by atoms with Crippen molar-refractivity contribution < 1.29 is 9.53 Å². The fourth-order valence-electron chi connectivity index (χ4n) is 2.88. The number of ketones is 1. The molecule has 0 bridgehead atoms. The molecular weight excluding hydrogens is 236 g/mol. The Kier molecular flexibility index (Phi) is 5.44. The van der Waals surface area contributed by atoms with E-state index in [1.165, 1.54) is 19.3 Å². The molecule has 0 unspecified atom stereocenters. The van der Waals surface area contributed by atoms with Gasteiger partial charge in [-0.05, 0) is 43.7 Å². The van der Waals surface area contributed by atoms with Crippen molar-refractivity contribution in [3.8, 4) is 5.75 Å². The summed E-state index contributed by atoms with van der Waals surface area (Å²) in [6.45, 7) is 2.76. The molecule has 104 valence electrons. The minimum Gasteiger partial charge on any atom is -0.493 e. The first-order valence-electron chi connectivity index (χ1n) is 7.50. The highest BCUT2D eigenvalue weighted by atomic mass is 16.5. The van der Waals surface area contributed by atoms with Crippen LogP contribution in [0.5, 0.6) is 5.75 Å². The minimum absolute atomic E-state index is 0.294. The van der Waals surface area contributed by atoms with Crippen LogP contribution in [0.25, 0.3) is 0 Å². The molecule has 0 spiro atoms. The van der Waals surface area contributed by atoms with Crippen LogP contribution in [0.2, 0.25) is 0 Å². The van der Waals surface area contributed by atoms with Crippen LogP contribution in [-0.2, 0) is 4.79 Å². The van der Waals surface area contributed by atoms with Crippen molar-refractivity contribution in [1.29, 1.82) is 0 Å². The van der Waals surface area contributed by atoms with E-state index in [0.29, 0.717) is 24.7 Å². The summed E-state index contributed by atoms with van der Waals surface area (Å²) in [5.41, 5.74) is 0. The number of hydrogen-bond donors (Lipinski definition) is 0. The zero-order chi connectivity index (χ0) is 13.5. The molecule has 1 aromatic carbocycles. The molecule has 0 radical (unpaired) electrons. The topological polar surface area (TPSA) is 26.3 Å². The Morgan fingerprint density at radius 1 is 1.16 bits per heavy atom. The predicted molar refractivity (Wildman–Crippen MR) is 77.3 cm³/mol. The van der Waals surface area contributed by atoms with E-state index in [4.69, 9.17) is 4.74 Å². The molecule has 2 heteroatoms. The lowest BCUT2D eigenvalue weighted by Crippen LogP contribution is -2.23. The average molecular weight is 260 g/mol. The van der Waals surface area contributed by atoms with Crippen molar-refractivity contribution >= 4 is 5.78 Å². The van der Waals surface area contributed by atoms with Gasteiger partial charge in [0.25, 0.3) is 0 Å². The van der Waals surface area contributed by atoms with E-state index in [1.807, 2.05) is 30.3 Å². The molecular formula is C17H24O2. The Labute approximate surface area is 116 Å². The number of hydrogen-bond acceptors (Lipinski definition) is 2. The Morgan fingerprint density at radius 3 is 2.47 bits per heavy atom. The quantitative estimate of drug-likeness (QED) is 0.764. The van der Waals surface area contributed by atoms with Gasteiger partial charge in [-0.1, -0.05) is 31.5 Å². The monoisotopic (exact) mass is 260 g/mol. The van der Waals surface area contributed by atoms with E-state index in [2.05, 4.69) is 6.92 Å². The molecule has 1 saturated carbocycles. The van der Waals surface area contributed by atoms with Gasteiger partial charge in [-0.2, -0.15) is 0 Å². The van der Waals surface area contributed by atoms with Crippen molar-refractivity contribution in [2.45, 2.75) is 45.4 Å². The molecule has 1 aromatic rings. The van der Waals surface area contributed by atoms with E-state index in [0.717, 1.165) is 24.5 Å². The fraction of sp³-hybridized carbons (Fsp3) is 0.588. The number of carbonyl (C=O) groups is 1. The summed E-state index contributed by atoms with van der Waals surface area (Å²) in [5, 5.41) is 0. The van der Waals surface area contributed by atoms with Gasteiger partial charge in [0.05, 0.1) is 6.61 Å². The summed E-state index contributed by atoms with van der Waals surface area (Å²) in [6, 6.07) is 9.71. The number of rotatable bonds is 6. The van der Waals surface area contributed by atoms with Crippen LogP contribution in [0.3, 0.4) is 0 Å². The van der Waals surface area contributed by atoms with Gasteiger partial charge in [0.1, 0.15) is 11.5 Å². The molecule has 0 heterocycles. The smallest absolute Gasteiger partial charge is 0.139 e. The third kappa shape index (κ3) is 4.38. The Morgan fingerprint density at radius 2 is 1.84 bits per heavy atom. The molecule has 0 saturated heterocycles. The van der Waals surface area contributed by atoms with E-state index in [9.17, 15) is 4.79 Å². The number of benzene rings is 1. The maximum Gasteiger partial charge on any atom is 0.139 e. The largest absolute Gasteiger partial charge is 0.493 e. The van der Waals surface area contributed by atoms with Crippen LogP contribution >= 0.6 is 0 Å². The minimum atomic E-state index is 0.294. The lowest BCUT2D eigenvalue weighted by atomic mass is 9.78. The SMILES string of the molecule is CCC1CCC(C(=O)CCOc2ccccc2)CC1. The maximum atomic E-state index is 12.1. The van der Waals surface area contributed by atoms with Gasteiger partial charge in [0.2, 0.25) is 0 Å². The lowest BCUT2D eigenvalue weighted by molar-refractivity contribution is -0.124. The number of ether oxygens (including phenoxy) is 1. The van der Waals surface area contributed by atoms with Gasteiger partial charge in [0.15, 0.2) is 0 Å². The lowest BCUT2D eigenvalue weighted by Gasteiger charge is -2.26. The second kappa shape index (κ2) is 7.32. The molecule has 0 atom stereocenters. The molecule has 2 rings (SSSR count). The molecule has 1 aliphatic carbocycles. The van der Waals surface area contributed by atoms with E-state index in [1.54, 1.807) is 0 Å². The first kappa shape index (κ1) is 14.1. The molecule has 19 heavy (non-hydrogen) atoms. The third-order valence-electron chi connectivity index (χ3n) is 4.24. The Bertz CT molecular complexity index is 378.